The number of H-pyrrole nitrogens is 1. The number of aromatic amines is 1. The molecule has 0 bridgehead atoms. The van der Waals surface area contributed by atoms with Crippen molar-refractivity contribution in [3.05, 3.63) is 83.3 Å². The molecule has 1 atom stereocenters. The summed E-state index contributed by atoms with van der Waals surface area (Å²) in [6.45, 7) is 0.332. The number of carbonyl (C=O) groups is 1. The molecule has 0 saturated carbocycles. The van der Waals surface area contributed by atoms with Crippen LogP contribution in [0, 0.1) is 11.3 Å². The predicted molar refractivity (Wildman–Crippen MR) is 112 cm³/mol. The maximum Gasteiger partial charge on any atom is 0.254 e. The molecule has 1 amide bonds. The first kappa shape index (κ1) is 19.5. The molecule has 0 unspecified atom stereocenters. The van der Waals surface area contributed by atoms with Crippen molar-refractivity contribution >= 4 is 5.91 Å². The molecule has 0 saturated heterocycles. The van der Waals surface area contributed by atoms with Gasteiger partial charge in [0.2, 0.25) is 11.7 Å². The number of methoxy groups -OCH3 is 1. The summed E-state index contributed by atoms with van der Waals surface area (Å²) in [6, 6.07) is 15.5. The quantitative estimate of drug-likeness (QED) is 0.531. The molecule has 9 nitrogen and oxygen atoms in total. The molecule has 2 aromatic heterocycles. The summed E-state index contributed by atoms with van der Waals surface area (Å²) in [7, 11) is 1.60. The lowest BCUT2D eigenvalue weighted by Crippen LogP contribution is -2.39. The first-order chi connectivity index (χ1) is 15.7. The van der Waals surface area contributed by atoms with Crippen molar-refractivity contribution in [2.75, 3.05) is 7.11 Å². The van der Waals surface area contributed by atoms with Gasteiger partial charge < -0.3 is 19.1 Å². The molecule has 3 heterocycles. The van der Waals surface area contributed by atoms with Gasteiger partial charge in [0.15, 0.2) is 0 Å². The van der Waals surface area contributed by atoms with Gasteiger partial charge in [0.05, 0.1) is 43.0 Å². The number of imidazole rings is 1. The van der Waals surface area contributed by atoms with Crippen LogP contribution in [0.25, 0.3) is 11.4 Å². The number of nitriles is 1. The minimum Gasteiger partial charge on any atom is -0.497 e. The van der Waals surface area contributed by atoms with E-state index in [2.05, 4.69) is 26.2 Å². The molecule has 0 aliphatic carbocycles. The van der Waals surface area contributed by atoms with Gasteiger partial charge in [-0.2, -0.15) is 10.2 Å². The van der Waals surface area contributed by atoms with Crippen molar-refractivity contribution in [3.8, 4) is 23.2 Å². The van der Waals surface area contributed by atoms with E-state index in [0.717, 1.165) is 22.7 Å². The third kappa shape index (κ3) is 3.48. The van der Waals surface area contributed by atoms with Gasteiger partial charge in [0.25, 0.3) is 5.91 Å². The highest BCUT2D eigenvalue weighted by Crippen LogP contribution is 2.33. The highest BCUT2D eigenvalue weighted by atomic mass is 16.5. The lowest BCUT2D eigenvalue weighted by Gasteiger charge is -2.32. The first-order valence-corrected chi connectivity index (χ1v) is 9.96. The number of carbonyl (C=O) groups excluding carboxylic acids is 1. The second-order valence-electron chi connectivity index (χ2n) is 7.35. The Morgan fingerprint density at radius 3 is 2.72 bits per heavy atom. The molecular formula is C23H18N6O3. The number of fused-ring (bicyclic) bond motifs is 1. The molecule has 5 rings (SSSR count). The zero-order chi connectivity index (χ0) is 22.1. The Bertz CT molecular complexity index is 1300. The maximum absolute atomic E-state index is 13.4. The fourth-order valence-corrected chi connectivity index (χ4v) is 3.75. The molecule has 1 aliphatic heterocycles. The van der Waals surface area contributed by atoms with Crippen LogP contribution in [0.1, 0.15) is 39.2 Å². The normalized spacial score (nSPS) is 15.1. The van der Waals surface area contributed by atoms with Crippen LogP contribution in [0.2, 0.25) is 0 Å². The minimum atomic E-state index is -0.464. The van der Waals surface area contributed by atoms with Crippen molar-refractivity contribution in [2.24, 2.45) is 0 Å². The van der Waals surface area contributed by atoms with Crippen molar-refractivity contribution < 1.29 is 14.1 Å². The molecule has 1 N–H and O–H groups in total. The third-order valence-electron chi connectivity index (χ3n) is 5.50. The zero-order valence-electron chi connectivity index (χ0n) is 17.1. The SMILES string of the molecule is COc1ccc(-c2noc([C@@H]3Cc4nc[nH]c4CN3C(=O)c3ccc(C#N)cc3)n2)cc1. The Hall–Kier alpha value is -4.45. The monoisotopic (exact) mass is 426 g/mol. The molecule has 9 heteroatoms. The lowest BCUT2D eigenvalue weighted by molar-refractivity contribution is 0.0590. The second kappa shape index (κ2) is 8.00. The Kier molecular flexibility index (Phi) is 4.88. The van der Waals surface area contributed by atoms with E-state index in [1.54, 1.807) is 42.6 Å². The summed E-state index contributed by atoms with van der Waals surface area (Å²) in [4.78, 5) is 27.1. The van der Waals surface area contributed by atoms with E-state index in [1.165, 1.54) is 0 Å². The summed E-state index contributed by atoms with van der Waals surface area (Å²) in [5.41, 5.74) is 3.49. The van der Waals surface area contributed by atoms with Crippen LogP contribution in [0.15, 0.2) is 59.4 Å². The standard InChI is InChI=1S/C23H18N6O3/c1-31-17-8-6-15(7-9-17)21-27-22(32-28-21)20-10-18-19(26-13-25-18)12-29(20)23(30)16-4-2-14(11-24)3-5-16/h2-9,13,20H,10,12H2,1H3,(H,25,26)/t20-/m0/s1. The summed E-state index contributed by atoms with van der Waals surface area (Å²) in [5, 5.41) is 13.1. The van der Waals surface area contributed by atoms with Gasteiger partial charge in [-0.05, 0) is 48.5 Å². The highest BCUT2D eigenvalue weighted by Gasteiger charge is 2.36. The number of ether oxygens (including phenoxy) is 1. The number of benzene rings is 2. The van der Waals surface area contributed by atoms with Crippen LogP contribution in [0.4, 0.5) is 0 Å². The topological polar surface area (TPSA) is 121 Å². The average Bonchev–Trinajstić information content (AvgIpc) is 3.52. The van der Waals surface area contributed by atoms with Gasteiger partial charge in [-0.1, -0.05) is 5.16 Å². The van der Waals surface area contributed by atoms with Crippen LogP contribution >= 0.6 is 0 Å². The fourth-order valence-electron chi connectivity index (χ4n) is 3.75. The van der Waals surface area contributed by atoms with Crippen molar-refractivity contribution in [1.82, 2.24) is 25.0 Å². The zero-order valence-corrected chi connectivity index (χ0v) is 17.1. The predicted octanol–water partition coefficient (Wildman–Crippen LogP) is 3.28. The molecule has 0 radical (unpaired) electrons. The lowest BCUT2D eigenvalue weighted by atomic mass is 10.0. The summed E-state index contributed by atoms with van der Waals surface area (Å²) in [6.07, 6.45) is 2.07. The van der Waals surface area contributed by atoms with Crippen molar-refractivity contribution in [1.29, 1.82) is 5.26 Å². The minimum absolute atomic E-state index is 0.191. The Morgan fingerprint density at radius 2 is 2.00 bits per heavy atom. The summed E-state index contributed by atoms with van der Waals surface area (Å²) in [5.74, 6) is 1.31. The molecule has 0 fully saturated rings. The van der Waals surface area contributed by atoms with E-state index in [1.807, 2.05) is 24.3 Å². The first-order valence-electron chi connectivity index (χ1n) is 9.96. The van der Waals surface area contributed by atoms with Gasteiger partial charge in [0.1, 0.15) is 11.8 Å². The number of aromatic nitrogens is 4. The average molecular weight is 426 g/mol. The van der Waals surface area contributed by atoms with E-state index in [-0.39, 0.29) is 5.91 Å². The van der Waals surface area contributed by atoms with Crippen LogP contribution in [-0.4, -0.2) is 38.0 Å². The van der Waals surface area contributed by atoms with Gasteiger partial charge >= 0.3 is 0 Å². The van der Waals surface area contributed by atoms with Crippen molar-refractivity contribution in [2.45, 2.75) is 19.0 Å². The molecule has 2 aromatic carbocycles. The van der Waals surface area contributed by atoms with E-state index < -0.39 is 6.04 Å². The summed E-state index contributed by atoms with van der Waals surface area (Å²) >= 11 is 0. The van der Waals surface area contributed by atoms with Crippen LogP contribution in [0.3, 0.4) is 0 Å². The fraction of sp³-hybridized carbons (Fsp3) is 0.174. The third-order valence-corrected chi connectivity index (χ3v) is 5.50. The number of nitrogens with one attached hydrogen (secondary N) is 1. The molecule has 158 valence electrons. The molecular weight excluding hydrogens is 408 g/mol. The van der Waals surface area contributed by atoms with E-state index in [4.69, 9.17) is 14.5 Å². The second-order valence-corrected chi connectivity index (χ2v) is 7.35. The highest BCUT2D eigenvalue weighted by molar-refractivity contribution is 5.94. The van der Waals surface area contributed by atoms with E-state index in [0.29, 0.717) is 35.8 Å². The number of rotatable bonds is 4. The van der Waals surface area contributed by atoms with Crippen LogP contribution in [-0.2, 0) is 13.0 Å². The Balaban J connectivity index is 1.48. The molecule has 0 spiro atoms. The van der Waals surface area contributed by atoms with Gasteiger partial charge in [-0.25, -0.2) is 4.98 Å². The number of amides is 1. The maximum atomic E-state index is 13.4. The Labute approximate surface area is 183 Å². The van der Waals surface area contributed by atoms with Gasteiger partial charge in [-0.3, -0.25) is 4.79 Å². The van der Waals surface area contributed by atoms with E-state index in [9.17, 15) is 4.79 Å². The molecule has 32 heavy (non-hydrogen) atoms. The largest absolute Gasteiger partial charge is 0.497 e. The van der Waals surface area contributed by atoms with Crippen molar-refractivity contribution in [3.63, 3.8) is 0 Å². The molecule has 4 aromatic rings. The smallest absolute Gasteiger partial charge is 0.254 e. The van der Waals surface area contributed by atoms with Gasteiger partial charge in [-0.15, -0.1) is 0 Å². The van der Waals surface area contributed by atoms with E-state index >= 15 is 0 Å². The molecule has 1 aliphatic rings. The number of hydrogen-bond acceptors (Lipinski definition) is 7. The number of nitrogens with zero attached hydrogens (tertiary/aromatic N) is 5. The Morgan fingerprint density at radius 1 is 1.22 bits per heavy atom. The summed E-state index contributed by atoms with van der Waals surface area (Å²) < 4.78 is 10.8. The van der Waals surface area contributed by atoms with Crippen LogP contribution < -0.4 is 4.74 Å². The van der Waals surface area contributed by atoms with Crippen LogP contribution in [0.5, 0.6) is 5.75 Å². The van der Waals surface area contributed by atoms with Gasteiger partial charge in [0, 0.05) is 17.5 Å². The number of hydrogen-bond donors (Lipinski definition) is 1.